The first kappa shape index (κ1) is 12.3. The number of unbranched alkanes of at least 4 members (excludes halogenated alkanes) is 5. The molecule has 0 aliphatic rings. The average Bonchev–Trinajstić information content (AvgIpc) is 2.10. The van der Waals surface area contributed by atoms with Crippen molar-refractivity contribution in [2.45, 2.75) is 57.0 Å². The molecule has 0 saturated carbocycles. The standard InChI is InChI=1S/C11H21.Li/c1-3-5-7-9-11-10-8-6-4-2;/h6,8H,1,3-5,7,9-11H2,2H3;/b8-6-;. The summed E-state index contributed by atoms with van der Waals surface area (Å²) in [5.41, 5.74) is 0. The number of hydrogen-bond donors (Lipinski definition) is 0. The molecule has 0 saturated heterocycles. The first-order valence-corrected chi connectivity index (χ1v) is 5.56. The van der Waals surface area contributed by atoms with Crippen LogP contribution in [0.4, 0.5) is 0 Å². The molecule has 0 spiro atoms. The second-order valence-electron chi connectivity index (χ2n) is 3.44. The molecule has 0 nitrogen and oxygen atoms in total. The van der Waals surface area contributed by atoms with Crippen LogP contribution in [0.25, 0.3) is 0 Å². The maximum atomic E-state index is 2.32. The van der Waals surface area contributed by atoms with E-state index in [4.69, 9.17) is 0 Å². The molecule has 0 heterocycles. The molecule has 12 heavy (non-hydrogen) atoms. The Morgan fingerprint density at radius 1 is 0.917 bits per heavy atom. The minimum absolute atomic E-state index is 1.19. The molecule has 66 valence electrons. The minimum atomic E-state index is 1.19. The fourth-order valence-corrected chi connectivity index (χ4v) is 1.33. The van der Waals surface area contributed by atoms with Gasteiger partial charge in [-0.3, -0.25) is 0 Å². The van der Waals surface area contributed by atoms with Gasteiger partial charge in [0.25, 0.3) is 0 Å². The van der Waals surface area contributed by atoms with Gasteiger partial charge in [-0.25, -0.2) is 0 Å². The van der Waals surface area contributed by atoms with E-state index in [0.29, 0.717) is 0 Å². The van der Waals surface area contributed by atoms with Gasteiger partial charge in [0.05, 0.1) is 0 Å². The van der Waals surface area contributed by atoms with E-state index in [1.54, 1.807) is 0 Å². The van der Waals surface area contributed by atoms with Crippen molar-refractivity contribution in [2.75, 3.05) is 0 Å². The molecule has 0 unspecified atom stereocenters. The first-order valence-electron chi connectivity index (χ1n) is 5.56. The molecule has 0 N–H and O–H groups in total. The second-order valence-corrected chi connectivity index (χ2v) is 3.44. The molecular weight excluding hydrogens is 139 g/mol. The summed E-state index contributed by atoms with van der Waals surface area (Å²) >= 11 is 2.27. The van der Waals surface area contributed by atoms with Gasteiger partial charge < -0.3 is 0 Å². The Kier molecular flexibility index (Phi) is 11.7. The monoisotopic (exact) mass is 160 g/mol. The number of rotatable bonds is 8. The molecule has 0 radical (unpaired) electrons. The van der Waals surface area contributed by atoms with Gasteiger partial charge >= 0.3 is 86.8 Å². The molecule has 0 aliphatic heterocycles. The summed E-state index contributed by atoms with van der Waals surface area (Å²) in [5, 5.41) is 1.36. The van der Waals surface area contributed by atoms with Gasteiger partial charge in [0.1, 0.15) is 0 Å². The van der Waals surface area contributed by atoms with Crippen LogP contribution in [0.1, 0.15) is 51.9 Å². The van der Waals surface area contributed by atoms with Crippen LogP contribution in [0.5, 0.6) is 0 Å². The van der Waals surface area contributed by atoms with Crippen LogP contribution in [0.2, 0.25) is 5.09 Å². The van der Waals surface area contributed by atoms with Crippen molar-refractivity contribution in [2.24, 2.45) is 0 Å². The van der Waals surface area contributed by atoms with Crippen LogP contribution in [-0.2, 0) is 0 Å². The third-order valence-corrected chi connectivity index (χ3v) is 2.13. The van der Waals surface area contributed by atoms with Crippen molar-refractivity contribution in [3.8, 4) is 0 Å². The SMILES string of the molecule is [Li][CH2]CCCCCC/C=C\CC. The molecule has 0 aliphatic carbocycles. The van der Waals surface area contributed by atoms with E-state index in [9.17, 15) is 0 Å². The summed E-state index contributed by atoms with van der Waals surface area (Å²) in [7, 11) is 0. The van der Waals surface area contributed by atoms with Crippen LogP contribution < -0.4 is 0 Å². The van der Waals surface area contributed by atoms with Crippen molar-refractivity contribution in [3.05, 3.63) is 12.2 Å². The average molecular weight is 160 g/mol. The Labute approximate surface area is 87.0 Å². The molecule has 1 heteroatoms. The molecule has 0 amide bonds. The normalized spacial score (nSPS) is 11.2. The van der Waals surface area contributed by atoms with Gasteiger partial charge in [-0.1, -0.05) is 0 Å². The van der Waals surface area contributed by atoms with E-state index in [1.807, 2.05) is 0 Å². The van der Waals surface area contributed by atoms with E-state index in [0.717, 1.165) is 0 Å². The molecule has 0 rings (SSSR count). The summed E-state index contributed by atoms with van der Waals surface area (Å²) in [5.74, 6) is 0. The predicted octanol–water partition coefficient (Wildman–Crippen LogP) is 3.88. The zero-order valence-corrected chi connectivity index (χ0v) is 8.81. The van der Waals surface area contributed by atoms with Crippen molar-refractivity contribution in [1.29, 1.82) is 0 Å². The Morgan fingerprint density at radius 3 is 2.25 bits per heavy atom. The van der Waals surface area contributed by atoms with Crippen LogP contribution in [-0.4, -0.2) is 17.7 Å². The molecule has 0 atom stereocenters. The second kappa shape index (κ2) is 11.3. The zero-order valence-electron chi connectivity index (χ0n) is 8.81. The van der Waals surface area contributed by atoms with E-state index < -0.39 is 0 Å². The summed E-state index contributed by atoms with van der Waals surface area (Å²) in [4.78, 5) is 0. The fraction of sp³-hybridized carbons (Fsp3) is 0.818. The molecule has 0 bridgehead atoms. The van der Waals surface area contributed by atoms with Gasteiger partial charge in [-0.15, -0.1) is 0 Å². The zero-order chi connectivity index (χ0) is 9.07. The quantitative estimate of drug-likeness (QED) is 0.287. The molecule has 0 fully saturated rings. The Hall–Kier alpha value is 0.337. The van der Waals surface area contributed by atoms with E-state index >= 15 is 0 Å². The van der Waals surface area contributed by atoms with Crippen LogP contribution >= 0.6 is 0 Å². The molecular formula is C11H21Li. The van der Waals surface area contributed by atoms with Crippen LogP contribution in [0, 0.1) is 0 Å². The maximum absolute atomic E-state index is 2.32. The van der Waals surface area contributed by atoms with Crippen molar-refractivity contribution in [1.82, 2.24) is 0 Å². The Balaban J connectivity index is 2.86. The van der Waals surface area contributed by atoms with E-state index in [-0.39, 0.29) is 0 Å². The number of hydrogen-bond acceptors (Lipinski definition) is 0. The van der Waals surface area contributed by atoms with E-state index in [2.05, 4.69) is 36.8 Å². The predicted molar refractivity (Wildman–Crippen MR) is 57.7 cm³/mol. The topological polar surface area (TPSA) is 0 Å². The summed E-state index contributed by atoms with van der Waals surface area (Å²) < 4.78 is 0. The third-order valence-electron chi connectivity index (χ3n) is 2.13. The van der Waals surface area contributed by atoms with Crippen molar-refractivity contribution < 1.29 is 0 Å². The van der Waals surface area contributed by atoms with E-state index in [1.165, 1.54) is 50.0 Å². The van der Waals surface area contributed by atoms with Gasteiger partial charge in [-0.2, -0.15) is 0 Å². The van der Waals surface area contributed by atoms with Gasteiger partial charge in [0.15, 0.2) is 0 Å². The van der Waals surface area contributed by atoms with Crippen molar-refractivity contribution >= 4 is 17.7 Å². The van der Waals surface area contributed by atoms with Crippen LogP contribution in [0.15, 0.2) is 12.2 Å². The summed E-state index contributed by atoms with van der Waals surface area (Å²) in [6.45, 7) is 2.19. The molecule has 0 aromatic carbocycles. The Bertz CT molecular complexity index is 97.2. The fourth-order valence-electron chi connectivity index (χ4n) is 1.33. The van der Waals surface area contributed by atoms with Gasteiger partial charge in [0.2, 0.25) is 0 Å². The van der Waals surface area contributed by atoms with Gasteiger partial charge in [-0.05, 0) is 0 Å². The first-order chi connectivity index (χ1) is 5.91. The third kappa shape index (κ3) is 10.3. The molecule has 0 aromatic heterocycles. The molecule has 0 aromatic rings. The van der Waals surface area contributed by atoms with Gasteiger partial charge in [0, 0.05) is 0 Å². The van der Waals surface area contributed by atoms with Crippen LogP contribution in [0.3, 0.4) is 0 Å². The summed E-state index contributed by atoms with van der Waals surface area (Å²) in [6.07, 6.45) is 14.2. The Morgan fingerprint density at radius 2 is 1.58 bits per heavy atom. The number of allylic oxidation sites excluding steroid dienone is 2. The summed E-state index contributed by atoms with van der Waals surface area (Å²) in [6, 6.07) is 0. The van der Waals surface area contributed by atoms with Crippen molar-refractivity contribution in [3.63, 3.8) is 0 Å².